The number of phosphoric acid groups is 1. The Labute approximate surface area is 198 Å². The minimum absolute atomic E-state index is 0.00373. The van der Waals surface area contributed by atoms with Crippen molar-refractivity contribution in [2.75, 3.05) is 18.5 Å². The summed E-state index contributed by atoms with van der Waals surface area (Å²) >= 11 is 0. The number of amides is 1. The molecule has 0 spiro atoms. The van der Waals surface area contributed by atoms with Crippen LogP contribution in [0.3, 0.4) is 0 Å². The van der Waals surface area contributed by atoms with Gasteiger partial charge in [-0.2, -0.15) is 10.4 Å². The molecule has 16 heteroatoms. The third-order valence-electron chi connectivity index (χ3n) is 5.16. The second-order valence-electron chi connectivity index (χ2n) is 7.97. The van der Waals surface area contributed by atoms with Gasteiger partial charge in [-0.15, -0.1) is 0 Å². The standard InChI is InChI=1S/C19H24N5O10P/c1-10(2)18(28)32-7-12-15(26)16(27)19(8-20,34-12)13-4-3-11-17(21-9-22-24(11)13)23-14(25)5-6-33-35(29,30)31/h3-4,9-10,12,15-16,26-27H,5-7H2,1-2H3,(H2,29,30,31)(H,21,22,23,25)/t12-,15-,16-,19+/m1/s1. The molecule has 1 aliphatic heterocycles. The number of nitrogens with one attached hydrogen (secondary N) is 1. The molecular formula is C19H24N5O10P. The Hall–Kier alpha value is -2.96. The van der Waals surface area contributed by atoms with Crippen molar-refractivity contribution in [3.8, 4) is 6.07 Å². The van der Waals surface area contributed by atoms with Crippen molar-refractivity contribution in [2.45, 2.75) is 44.2 Å². The van der Waals surface area contributed by atoms with Gasteiger partial charge in [-0.25, -0.2) is 14.1 Å². The van der Waals surface area contributed by atoms with E-state index in [0.29, 0.717) is 0 Å². The van der Waals surface area contributed by atoms with Crippen LogP contribution >= 0.6 is 7.82 Å². The number of aliphatic hydroxyl groups is 2. The van der Waals surface area contributed by atoms with E-state index in [9.17, 15) is 29.6 Å². The molecule has 3 rings (SSSR count). The van der Waals surface area contributed by atoms with E-state index in [2.05, 4.69) is 19.9 Å². The van der Waals surface area contributed by atoms with Crippen LogP contribution < -0.4 is 5.32 Å². The van der Waals surface area contributed by atoms with Gasteiger partial charge in [0.05, 0.1) is 24.6 Å². The fourth-order valence-electron chi connectivity index (χ4n) is 3.41. The Kier molecular flexibility index (Phi) is 7.87. The number of phosphoric ester groups is 1. The number of hydrogen-bond acceptors (Lipinski definition) is 11. The molecule has 35 heavy (non-hydrogen) atoms. The summed E-state index contributed by atoms with van der Waals surface area (Å²) in [6.07, 6.45) is -3.82. The van der Waals surface area contributed by atoms with E-state index in [4.69, 9.17) is 19.3 Å². The lowest BCUT2D eigenvalue weighted by Crippen LogP contribution is -2.41. The highest BCUT2D eigenvalue weighted by molar-refractivity contribution is 7.46. The van der Waals surface area contributed by atoms with Crippen molar-refractivity contribution in [1.82, 2.24) is 14.6 Å². The lowest BCUT2D eigenvalue weighted by atomic mass is 9.92. The normalized spacial score (nSPS) is 24.5. The quantitative estimate of drug-likeness (QED) is 0.205. The Morgan fingerprint density at radius 3 is 2.71 bits per heavy atom. The molecule has 15 nitrogen and oxygen atoms in total. The number of fused-ring (bicyclic) bond motifs is 1. The van der Waals surface area contributed by atoms with Crippen LogP contribution in [0.25, 0.3) is 5.52 Å². The van der Waals surface area contributed by atoms with Gasteiger partial charge in [0.25, 0.3) is 0 Å². The lowest BCUT2D eigenvalue weighted by Gasteiger charge is -2.24. The molecule has 1 saturated heterocycles. The summed E-state index contributed by atoms with van der Waals surface area (Å²) in [5, 5.41) is 37.6. The molecule has 1 amide bonds. The zero-order chi connectivity index (χ0) is 26.0. The summed E-state index contributed by atoms with van der Waals surface area (Å²) < 4.78 is 26.9. The molecule has 0 radical (unpaired) electrons. The summed E-state index contributed by atoms with van der Waals surface area (Å²) in [7, 11) is -4.72. The van der Waals surface area contributed by atoms with Crippen molar-refractivity contribution >= 4 is 31.0 Å². The van der Waals surface area contributed by atoms with Crippen LogP contribution in [0, 0.1) is 17.2 Å². The van der Waals surface area contributed by atoms with Gasteiger partial charge in [0, 0.05) is 0 Å². The molecule has 2 aromatic rings. The smallest absolute Gasteiger partial charge is 0.463 e. The average Bonchev–Trinajstić information content (AvgIpc) is 3.32. The van der Waals surface area contributed by atoms with E-state index in [1.807, 2.05) is 6.07 Å². The monoisotopic (exact) mass is 513 g/mol. The van der Waals surface area contributed by atoms with Crippen molar-refractivity contribution in [1.29, 1.82) is 5.26 Å². The Bertz CT molecular complexity index is 1190. The van der Waals surface area contributed by atoms with Gasteiger partial charge in [0.15, 0.2) is 5.82 Å². The van der Waals surface area contributed by atoms with E-state index in [1.54, 1.807) is 13.8 Å². The van der Waals surface area contributed by atoms with Crippen LogP contribution in [-0.2, 0) is 33.8 Å². The van der Waals surface area contributed by atoms with Gasteiger partial charge in [-0.1, -0.05) is 13.8 Å². The Morgan fingerprint density at radius 2 is 2.09 bits per heavy atom. The summed E-state index contributed by atoms with van der Waals surface area (Å²) in [6.45, 7) is 2.31. The molecule has 0 aliphatic carbocycles. The van der Waals surface area contributed by atoms with Gasteiger partial charge >= 0.3 is 13.8 Å². The van der Waals surface area contributed by atoms with Crippen LogP contribution in [-0.4, -0.2) is 78.0 Å². The minimum atomic E-state index is -4.72. The van der Waals surface area contributed by atoms with Crippen molar-refractivity contribution in [2.24, 2.45) is 5.92 Å². The van der Waals surface area contributed by atoms with E-state index in [1.165, 1.54) is 16.6 Å². The summed E-state index contributed by atoms with van der Waals surface area (Å²) in [6, 6.07) is 4.69. The number of nitriles is 1. The molecule has 190 valence electrons. The number of nitrogens with zero attached hydrogens (tertiary/aromatic N) is 4. The number of carbonyl (C=O) groups is 2. The van der Waals surface area contributed by atoms with E-state index >= 15 is 0 Å². The number of aliphatic hydroxyl groups excluding tert-OH is 2. The molecule has 0 saturated carbocycles. The number of esters is 1. The van der Waals surface area contributed by atoms with Crippen molar-refractivity contribution in [3.05, 3.63) is 24.2 Å². The van der Waals surface area contributed by atoms with E-state index < -0.39 is 62.7 Å². The highest BCUT2D eigenvalue weighted by atomic mass is 31.2. The third kappa shape index (κ3) is 5.65. The van der Waals surface area contributed by atoms with E-state index in [-0.39, 0.29) is 23.4 Å². The number of hydrogen-bond donors (Lipinski definition) is 5. The molecule has 1 aliphatic rings. The average molecular weight is 513 g/mol. The second-order valence-corrected chi connectivity index (χ2v) is 9.21. The summed E-state index contributed by atoms with van der Waals surface area (Å²) in [5.74, 6) is -1.65. The zero-order valence-electron chi connectivity index (χ0n) is 18.6. The highest BCUT2D eigenvalue weighted by Gasteiger charge is 2.57. The molecule has 0 unspecified atom stereocenters. The first kappa shape index (κ1) is 26.6. The molecule has 0 bridgehead atoms. The van der Waals surface area contributed by atoms with Gasteiger partial charge in [0.2, 0.25) is 11.5 Å². The van der Waals surface area contributed by atoms with E-state index in [0.717, 1.165) is 6.33 Å². The molecule has 1 fully saturated rings. The Balaban J connectivity index is 1.84. The van der Waals surface area contributed by atoms with Crippen molar-refractivity contribution < 1.29 is 48.2 Å². The largest absolute Gasteiger partial charge is 0.469 e. The van der Waals surface area contributed by atoms with Crippen LogP contribution in [0.1, 0.15) is 26.0 Å². The SMILES string of the molecule is CC(C)C(=O)OC[C@H]1O[C@@](C#N)(c2ccc3c(NC(=O)CCOP(=O)(O)O)ncnn23)[C@H](O)[C@@H]1O. The number of aromatic nitrogens is 3. The van der Waals surface area contributed by atoms with Crippen LogP contribution in [0.15, 0.2) is 18.5 Å². The fourth-order valence-corrected chi connectivity index (χ4v) is 3.74. The van der Waals surface area contributed by atoms with Crippen LogP contribution in [0.2, 0.25) is 0 Å². The second kappa shape index (κ2) is 10.3. The summed E-state index contributed by atoms with van der Waals surface area (Å²) in [4.78, 5) is 45.2. The van der Waals surface area contributed by atoms with Crippen molar-refractivity contribution in [3.63, 3.8) is 0 Å². The van der Waals surface area contributed by atoms with Gasteiger partial charge in [0.1, 0.15) is 42.8 Å². The molecule has 4 atom stereocenters. The highest BCUT2D eigenvalue weighted by Crippen LogP contribution is 2.40. The van der Waals surface area contributed by atoms with Gasteiger partial charge in [-0.05, 0) is 12.1 Å². The van der Waals surface area contributed by atoms with Gasteiger partial charge in [-0.3, -0.25) is 14.1 Å². The maximum Gasteiger partial charge on any atom is 0.469 e. The summed E-state index contributed by atoms with van der Waals surface area (Å²) in [5.41, 5.74) is -1.88. The lowest BCUT2D eigenvalue weighted by molar-refractivity contribution is -0.154. The van der Waals surface area contributed by atoms with Crippen LogP contribution in [0.4, 0.5) is 5.82 Å². The number of rotatable bonds is 9. The predicted octanol–water partition coefficient (Wildman–Crippen LogP) is -0.794. The minimum Gasteiger partial charge on any atom is -0.463 e. The number of anilines is 1. The maximum atomic E-state index is 12.1. The molecular weight excluding hydrogens is 489 g/mol. The Morgan fingerprint density at radius 1 is 1.37 bits per heavy atom. The third-order valence-corrected chi connectivity index (χ3v) is 5.68. The maximum absolute atomic E-state index is 12.1. The first-order valence-corrected chi connectivity index (χ1v) is 11.9. The molecule has 3 heterocycles. The topological polar surface area (TPSA) is 226 Å². The fraction of sp³-hybridized carbons (Fsp3) is 0.526. The predicted molar refractivity (Wildman–Crippen MR) is 114 cm³/mol. The number of carbonyl (C=O) groups excluding carboxylic acids is 2. The molecule has 0 aromatic carbocycles. The zero-order valence-corrected chi connectivity index (χ0v) is 19.5. The van der Waals surface area contributed by atoms with Crippen LogP contribution in [0.5, 0.6) is 0 Å². The first-order chi connectivity index (χ1) is 16.4. The molecule has 5 N–H and O–H groups in total. The number of ether oxygens (including phenoxy) is 2. The molecule has 2 aromatic heterocycles. The van der Waals surface area contributed by atoms with Gasteiger partial charge < -0.3 is 34.8 Å². The first-order valence-electron chi connectivity index (χ1n) is 10.3.